The van der Waals surface area contributed by atoms with Gasteiger partial charge in [-0.2, -0.15) is 0 Å². The van der Waals surface area contributed by atoms with Crippen LogP contribution in [0.1, 0.15) is 45.4 Å². The monoisotopic (exact) mass is 239 g/mol. The van der Waals surface area contributed by atoms with Crippen LogP contribution in [0.2, 0.25) is 0 Å². The SMILES string of the molecule is CCOCCCNC(=O)C[C@@H]1C[C@H]2CC[C@H]1C2. The molecule has 3 nitrogen and oxygen atoms in total. The van der Waals surface area contributed by atoms with E-state index in [2.05, 4.69) is 5.32 Å². The van der Waals surface area contributed by atoms with E-state index in [1.54, 1.807) is 0 Å². The summed E-state index contributed by atoms with van der Waals surface area (Å²) in [6.07, 6.45) is 7.16. The highest BCUT2D eigenvalue weighted by Crippen LogP contribution is 2.49. The number of carbonyl (C=O) groups is 1. The van der Waals surface area contributed by atoms with E-state index >= 15 is 0 Å². The Morgan fingerprint density at radius 3 is 2.88 bits per heavy atom. The predicted molar refractivity (Wildman–Crippen MR) is 67.7 cm³/mol. The van der Waals surface area contributed by atoms with Crippen molar-refractivity contribution in [3.63, 3.8) is 0 Å². The molecule has 1 N–H and O–H groups in total. The summed E-state index contributed by atoms with van der Waals surface area (Å²) in [5.74, 6) is 2.73. The van der Waals surface area contributed by atoms with Crippen LogP contribution in [0.25, 0.3) is 0 Å². The molecule has 0 radical (unpaired) electrons. The number of rotatable bonds is 7. The Balaban J connectivity index is 1.55. The maximum Gasteiger partial charge on any atom is 0.220 e. The first-order valence-electron chi connectivity index (χ1n) is 7.14. The van der Waals surface area contributed by atoms with Gasteiger partial charge in [-0.05, 0) is 50.4 Å². The average Bonchev–Trinajstić information content (AvgIpc) is 2.90. The second-order valence-corrected chi connectivity index (χ2v) is 5.54. The van der Waals surface area contributed by atoms with Gasteiger partial charge in [0, 0.05) is 26.2 Å². The number of amides is 1. The molecule has 2 saturated carbocycles. The molecule has 0 heterocycles. The Bertz CT molecular complexity index is 255. The van der Waals surface area contributed by atoms with E-state index in [-0.39, 0.29) is 5.91 Å². The molecule has 3 heteroatoms. The summed E-state index contributed by atoms with van der Waals surface area (Å²) in [6, 6.07) is 0. The lowest BCUT2D eigenvalue weighted by atomic mass is 9.86. The highest BCUT2D eigenvalue weighted by atomic mass is 16.5. The number of hydrogen-bond donors (Lipinski definition) is 1. The number of fused-ring (bicyclic) bond motifs is 2. The first-order valence-corrected chi connectivity index (χ1v) is 7.14. The molecule has 17 heavy (non-hydrogen) atoms. The number of ether oxygens (including phenoxy) is 1. The fraction of sp³-hybridized carbons (Fsp3) is 0.929. The molecule has 0 aromatic heterocycles. The molecular weight excluding hydrogens is 214 g/mol. The van der Waals surface area contributed by atoms with E-state index in [9.17, 15) is 4.79 Å². The van der Waals surface area contributed by atoms with Crippen molar-refractivity contribution in [2.24, 2.45) is 17.8 Å². The van der Waals surface area contributed by atoms with Gasteiger partial charge >= 0.3 is 0 Å². The van der Waals surface area contributed by atoms with Crippen LogP contribution in [-0.2, 0) is 9.53 Å². The molecule has 2 aliphatic rings. The topological polar surface area (TPSA) is 38.3 Å². The Hall–Kier alpha value is -0.570. The zero-order chi connectivity index (χ0) is 12.1. The molecule has 2 fully saturated rings. The summed E-state index contributed by atoms with van der Waals surface area (Å²) in [7, 11) is 0. The van der Waals surface area contributed by atoms with Crippen LogP contribution in [-0.4, -0.2) is 25.7 Å². The van der Waals surface area contributed by atoms with E-state index in [0.29, 0.717) is 5.92 Å². The summed E-state index contributed by atoms with van der Waals surface area (Å²) in [5.41, 5.74) is 0. The van der Waals surface area contributed by atoms with E-state index in [4.69, 9.17) is 4.74 Å². The quantitative estimate of drug-likeness (QED) is 0.693. The summed E-state index contributed by atoms with van der Waals surface area (Å²) >= 11 is 0. The Morgan fingerprint density at radius 2 is 2.24 bits per heavy atom. The predicted octanol–water partition coefficient (Wildman–Crippen LogP) is 2.36. The van der Waals surface area contributed by atoms with Crippen molar-refractivity contribution in [1.29, 1.82) is 0 Å². The van der Waals surface area contributed by atoms with Crippen LogP contribution in [0, 0.1) is 17.8 Å². The number of hydrogen-bond acceptors (Lipinski definition) is 2. The first-order chi connectivity index (χ1) is 8.29. The highest BCUT2D eigenvalue weighted by molar-refractivity contribution is 5.76. The van der Waals surface area contributed by atoms with Gasteiger partial charge in [-0.15, -0.1) is 0 Å². The molecule has 98 valence electrons. The van der Waals surface area contributed by atoms with E-state index in [1.807, 2.05) is 6.92 Å². The number of nitrogens with one attached hydrogen (secondary N) is 1. The summed E-state index contributed by atoms with van der Waals surface area (Å²) < 4.78 is 5.24. The van der Waals surface area contributed by atoms with Crippen molar-refractivity contribution in [2.45, 2.75) is 45.4 Å². The molecule has 1 amide bonds. The van der Waals surface area contributed by atoms with Gasteiger partial charge in [0.05, 0.1) is 0 Å². The van der Waals surface area contributed by atoms with Gasteiger partial charge in [0.2, 0.25) is 5.91 Å². The van der Waals surface area contributed by atoms with Crippen LogP contribution in [0.4, 0.5) is 0 Å². The first kappa shape index (κ1) is 12.9. The largest absolute Gasteiger partial charge is 0.382 e. The molecule has 2 aliphatic carbocycles. The fourth-order valence-corrected chi connectivity index (χ4v) is 3.48. The summed E-state index contributed by atoms with van der Waals surface area (Å²) in [4.78, 5) is 11.8. The third-order valence-corrected chi connectivity index (χ3v) is 4.32. The average molecular weight is 239 g/mol. The second-order valence-electron chi connectivity index (χ2n) is 5.54. The minimum Gasteiger partial charge on any atom is -0.382 e. The van der Waals surface area contributed by atoms with Gasteiger partial charge in [0.25, 0.3) is 0 Å². The van der Waals surface area contributed by atoms with Gasteiger partial charge < -0.3 is 10.1 Å². The Kier molecular flexibility index (Phi) is 4.84. The minimum atomic E-state index is 0.249. The standard InChI is InChI=1S/C14H25NO2/c1-2-17-7-3-6-15-14(16)10-13-9-11-4-5-12(13)8-11/h11-13H,2-10H2,1H3,(H,15,16)/t11-,12-,13-/m0/s1. The van der Waals surface area contributed by atoms with Crippen molar-refractivity contribution in [1.82, 2.24) is 5.32 Å². The van der Waals surface area contributed by atoms with Crippen LogP contribution >= 0.6 is 0 Å². The Labute approximate surface area is 104 Å². The van der Waals surface area contributed by atoms with Crippen molar-refractivity contribution in [3.05, 3.63) is 0 Å². The third kappa shape index (κ3) is 3.70. The summed E-state index contributed by atoms with van der Waals surface area (Å²) in [5, 5.41) is 3.01. The molecule has 0 aromatic carbocycles. The van der Waals surface area contributed by atoms with Crippen molar-refractivity contribution in [2.75, 3.05) is 19.8 Å². The lowest BCUT2D eigenvalue weighted by Crippen LogP contribution is -2.28. The second kappa shape index (κ2) is 6.39. The molecule has 0 saturated heterocycles. The van der Waals surface area contributed by atoms with Gasteiger partial charge in [-0.25, -0.2) is 0 Å². The highest BCUT2D eigenvalue weighted by Gasteiger charge is 2.39. The van der Waals surface area contributed by atoms with Gasteiger partial charge in [-0.3, -0.25) is 4.79 Å². The smallest absolute Gasteiger partial charge is 0.220 e. The third-order valence-electron chi connectivity index (χ3n) is 4.32. The van der Waals surface area contributed by atoms with Crippen molar-refractivity contribution in [3.8, 4) is 0 Å². The normalized spacial score (nSPS) is 30.8. The van der Waals surface area contributed by atoms with Crippen LogP contribution < -0.4 is 5.32 Å². The van der Waals surface area contributed by atoms with Gasteiger partial charge in [0.15, 0.2) is 0 Å². The molecule has 0 unspecified atom stereocenters. The molecule has 0 spiro atoms. The van der Waals surface area contributed by atoms with Crippen LogP contribution in [0.15, 0.2) is 0 Å². The zero-order valence-electron chi connectivity index (χ0n) is 10.9. The summed E-state index contributed by atoms with van der Waals surface area (Å²) in [6.45, 7) is 4.28. The minimum absolute atomic E-state index is 0.249. The lowest BCUT2D eigenvalue weighted by Gasteiger charge is -2.20. The zero-order valence-corrected chi connectivity index (χ0v) is 10.9. The Morgan fingerprint density at radius 1 is 1.35 bits per heavy atom. The van der Waals surface area contributed by atoms with E-state index in [0.717, 1.165) is 44.4 Å². The van der Waals surface area contributed by atoms with Crippen LogP contribution in [0.5, 0.6) is 0 Å². The maximum atomic E-state index is 11.8. The molecule has 2 bridgehead atoms. The van der Waals surface area contributed by atoms with Crippen molar-refractivity contribution >= 4 is 5.91 Å². The van der Waals surface area contributed by atoms with Crippen molar-refractivity contribution < 1.29 is 9.53 Å². The van der Waals surface area contributed by atoms with Gasteiger partial charge in [-0.1, -0.05) is 6.42 Å². The van der Waals surface area contributed by atoms with Gasteiger partial charge in [0.1, 0.15) is 0 Å². The molecule has 3 atom stereocenters. The molecule has 0 aromatic rings. The van der Waals surface area contributed by atoms with Crippen LogP contribution in [0.3, 0.4) is 0 Å². The molecule has 2 rings (SSSR count). The molecular formula is C14H25NO2. The molecule has 0 aliphatic heterocycles. The fourth-order valence-electron chi connectivity index (χ4n) is 3.48. The van der Waals surface area contributed by atoms with E-state index in [1.165, 1.54) is 25.7 Å². The van der Waals surface area contributed by atoms with E-state index < -0.39 is 0 Å². The maximum absolute atomic E-state index is 11.8. The lowest BCUT2D eigenvalue weighted by molar-refractivity contribution is -0.122. The number of carbonyl (C=O) groups excluding carboxylic acids is 1.